The number of benzene rings is 1. The van der Waals surface area contributed by atoms with Gasteiger partial charge in [-0.3, -0.25) is 4.79 Å². The third kappa shape index (κ3) is 3.60. The number of aromatic nitrogens is 2. The maximum Gasteiger partial charge on any atom is 0.227 e. The molecule has 1 aromatic carbocycles. The molecule has 136 valence electrons. The highest BCUT2D eigenvalue weighted by Gasteiger charge is 2.25. The predicted molar refractivity (Wildman–Crippen MR) is 96.1 cm³/mol. The summed E-state index contributed by atoms with van der Waals surface area (Å²) in [5.74, 6) is 0.922. The molecule has 0 radical (unpaired) electrons. The van der Waals surface area contributed by atoms with Crippen molar-refractivity contribution >= 4 is 5.91 Å². The fourth-order valence-corrected chi connectivity index (χ4v) is 3.73. The van der Waals surface area contributed by atoms with Gasteiger partial charge in [-0.1, -0.05) is 18.2 Å². The highest BCUT2D eigenvalue weighted by molar-refractivity contribution is 5.79. The first kappa shape index (κ1) is 17.1. The van der Waals surface area contributed by atoms with E-state index >= 15 is 0 Å². The van der Waals surface area contributed by atoms with Crippen molar-refractivity contribution in [3.8, 4) is 0 Å². The van der Waals surface area contributed by atoms with Gasteiger partial charge >= 0.3 is 0 Å². The van der Waals surface area contributed by atoms with E-state index in [2.05, 4.69) is 10.3 Å². The summed E-state index contributed by atoms with van der Waals surface area (Å²) < 4.78 is 13.8. The number of piperidine rings is 1. The fraction of sp³-hybridized carbons (Fsp3) is 0.450. The van der Waals surface area contributed by atoms with Gasteiger partial charge in [-0.15, -0.1) is 0 Å². The molecule has 1 atom stereocenters. The van der Waals surface area contributed by atoms with Gasteiger partial charge in [0.1, 0.15) is 11.6 Å². The summed E-state index contributed by atoms with van der Waals surface area (Å²) in [6.07, 6.45) is 4.97. The normalized spacial score (nSPS) is 19.9. The summed E-state index contributed by atoms with van der Waals surface area (Å²) in [5.41, 5.74) is 2.50. The molecule has 0 bridgehead atoms. The van der Waals surface area contributed by atoms with Crippen LogP contribution in [-0.4, -0.2) is 40.4 Å². The van der Waals surface area contributed by atoms with Gasteiger partial charge in [0.05, 0.1) is 12.1 Å². The average molecular weight is 354 g/mol. The van der Waals surface area contributed by atoms with Crippen LogP contribution in [0.2, 0.25) is 0 Å². The lowest BCUT2D eigenvalue weighted by molar-refractivity contribution is -0.131. The molecule has 1 fully saturated rings. The average Bonchev–Trinajstić information content (AvgIpc) is 2.69. The van der Waals surface area contributed by atoms with Crippen LogP contribution in [0.15, 0.2) is 30.5 Å². The second-order valence-electron chi connectivity index (χ2n) is 7.08. The number of rotatable bonds is 3. The Morgan fingerprint density at radius 3 is 3.04 bits per heavy atom. The Hall–Kier alpha value is -2.34. The molecule has 2 aliphatic heterocycles. The maximum atomic E-state index is 13.8. The Morgan fingerprint density at radius 2 is 2.23 bits per heavy atom. The van der Waals surface area contributed by atoms with E-state index in [1.54, 1.807) is 23.1 Å². The molecular formula is C20H23FN4O. The van der Waals surface area contributed by atoms with Gasteiger partial charge in [0.15, 0.2) is 0 Å². The fourth-order valence-electron chi connectivity index (χ4n) is 3.73. The molecule has 1 unspecified atom stereocenters. The summed E-state index contributed by atoms with van der Waals surface area (Å²) >= 11 is 0. The van der Waals surface area contributed by atoms with Crippen LogP contribution in [0.1, 0.15) is 41.4 Å². The van der Waals surface area contributed by atoms with Crippen LogP contribution in [0.5, 0.6) is 0 Å². The Morgan fingerprint density at radius 1 is 1.35 bits per heavy atom. The molecule has 2 aromatic rings. The van der Waals surface area contributed by atoms with E-state index in [4.69, 9.17) is 4.98 Å². The van der Waals surface area contributed by atoms with Crippen LogP contribution >= 0.6 is 0 Å². The molecule has 1 saturated heterocycles. The molecule has 0 saturated carbocycles. The molecule has 0 aliphatic carbocycles. The van der Waals surface area contributed by atoms with Crippen molar-refractivity contribution in [1.82, 2.24) is 20.2 Å². The number of nitrogens with one attached hydrogen (secondary N) is 1. The number of carbonyl (C=O) groups excluding carboxylic acids is 1. The number of fused-ring (bicyclic) bond motifs is 1. The molecule has 1 aromatic heterocycles. The van der Waals surface area contributed by atoms with Gasteiger partial charge in [-0.05, 0) is 31.0 Å². The van der Waals surface area contributed by atoms with Gasteiger partial charge in [-0.25, -0.2) is 14.4 Å². The Kier molecular flexibility index (Phi) is 4.93. The third-order valence-corrected chi connectivity index (χ3v) is 5.27. The van der Waals surface area contributed by atoms with Crippen LogP contribution < -0.4 is 5.32 Å². The molecule has 2 aliphatic rings. The predicted octanol–water partition coefficient (Wildman–Crippen LogP) is 2.21. The largest absolute Gasteiger partial charge is 0.338 e. The number of hydrogen-bond acceptors (Lipinski definition) is 4. The van der Waals surface area contributed by atoms with E-state index in [1.807, 2.05) is 6.20 Å². The lowest BCUT2D eigenvalue weighted by Crippen LogP contribution is -2.38. The highest BCUT2D eigenvalue weighted by Crippen LogP contribution is 2.23. The minimum Gasteiger partial charge on any atom is -0.338 e. The molecule has 1 amide bonds. The molecule has 4 rings (SSSR count). The van der Waals surface area contributed by atoms with E-state index in [9.17, 15) is 9.18 Å². The molecular weight excluding hydrogens is 331 g/mol. The molecule has 0 spiro atoms. The van der Waals surface area contributed by atoms with Crippen LogP contribution in [0.3, 0.4) is 0 Å². The molecule has 3 heterocycles. The smallest absolute Gasteiger partial charge is 0.227 e. The van der Waals surface area contributed by atoms with Gasteiger partial charge in [0.2, 0.25) is 5.91 Å². The zero-order valence-corrected chi connectivity index (χ0v) is 14.7. The third-order valence-electron chi connectivity index (χ3n) is 5.27. The van der Waals surface area contributed by atoms with Crippen molar-refractivity contribution < 1.29 is 9.18 Å². The Bertz CT molecular complexity index is 804. The summed E-state index contributed by atoms with van der Waals surface area (Å²) in [5, 5.41) is 3.40. The summed E-state index contributed by atoms with van der Waals surface area (Å²) in [7, 11) is 0. The van der Waals surface area contributed by atoms with Crippen molar-refractivity contribution in [2.24, 2.45) is 0 Å². The standard InChI is InChI=1S/C20H23FN4O/c21-17-6-2-1-4-14(17)10-19(26)25-9-7-18-16(13-25)12-23-20(24-18)15-5-3-8-22-11-15/h1-2,4,6,12,15,22H,3,5,7-11,13H2. The minimum absolute atomic E-state index is 0.0543. The zero-order chi connectivity index (χ0) is 17.9. The first-order valence-corrected chi connectivity index (χ1v) is 9.27. The number of hydrogen-bond donors (Lipinski definition) is 1. The van der Waals surface area contributed by atoms with Gasteiger partial charge in [0.25, 0.3) is 0 Å². The van der Waals surface area contributed by atoms with Crippen molar-refractivity contribution in [2.45, 2.75) is 38.1 Å². The van der Waals surface area contributed by atoms with Crippen LogP contribution in [0.4, 0.5) is 4.39 Å². The monoisotopic (exact) mass is 354 g/mol. The summed E-state index contributed by atoms with van der Waals surface area (Å²) in [6.45, 7) is 3.14. The molecule has 26 heavy (non-hydrogen) atoms. The first-order valence-electron chi connectivity index (χ1n) is 9.27. The maximum absolute atomic E-state index is 13.8. The van der Waals surface area contributed by atoms with Crippen molar-refractivity contribution in [1.29, 1.82) is 0 Å². The minimum atomic E-state index is -0.327. The second-order valence-corrected chi connectivity index (χ2v) is 7.08. The Balaban J connectivity index is 1.44. The molecule has 5 nitrogen and oxygen atoms in total. The van der Waals surface area contributed by atoms with Crippen molar-refractivity contribution in [3.63, 3.8) is 0 Å². The topological polar surface area (TPSA) is 58.1 Å². The van der Waals surface area contributed by atoms with Gasteiger partial charge < -0.3 is 10.2 Å². The number of amides is 1. The summed E-state index contributed by atoms with van der Waals surface area (Å²) in [4.78, 5) is 23.7. The van der Waals surface area contributed by atoms with Gasteiger partial charge in [-0.2, -0.15) is 0 Å². The summed E-state index contributed by atoms with van der Waals surface area (Å²) in [6, 6.07) is 6.45. The Labute approximate surface area is 152 Å². The van der Waals surface area contributed by atoms with Crippen LogP contribution in [0, 0.1) is 5.82 Å². The zero-order valence-electron chi connectivity index (χ0n) is 14.7. The number of nitrogens with zero attached hydrogens (tertiary/aromatic N) is 3. The highest BCUT2D eigenvalue weighted by atomic mass is 19.1. The van der Waals surface area contributed by atoms with E-state index in [0.29, 0.717) is 24.6 Å². The van der Waals surface area contributed by atoms with E-state index in [-0.39, 0.29) is 18.1 Å². The lowest BCUT2D eigenvalue weighted by atomic mass is 9.98. The first-order chi connectivity index (χ1) is 12.7. The molecule has 6 heteroatoms. The lowest BCUT2D eigenvalue weighted by Gasteiger charge is -2.29. The van der Waals surface area contributed by atoms with Crippen LogP contribution in [0.25, 0.3) is 0 Å². The SMILES string of the molecule is O=C(Cc1ccccc1F)N1CCc2nc(C3CCCNC3)ncc2C1. The molecule has 1 N–H and O–H groups in total. The number of halogens is 1. The van der Waals surface area contributed by atoms with Crippen molar-refractivity contribution in [2.75, 3.05) is 19.6 Å². The quantitative estimate of drug-likeness (QED) is 0.918. The number of carbonyl (C=O) groups is 1. The van der Waals surface area contributed by atoms with Crippen LogP contribution in [-0.2, 0) is 24.2 Å². The van der Waals surface area contributed by atoms with E-state index in [1.165, 1.54) is 6.07 Å². The van der Waals surface area contributed by atoms with E-state index in [0.717, 1.165) is 49.4 Å². The van der Waals surface area contributed by atoms with Gasteiger partial charge in [0, 0.05) is 43.7 Å². The van der Waals surface area contributed by atoms with Crippen molar-refractivity contribution in [3.05, 3.63) is 58.9 Å². The van der Waals surface area contributed by atoms with E-state index < -0.39 is 0 Å². The second kappa shape index (κ2) is 7.50.